The Hall–Kier alpha value is -3.03. The summed E-state index contributed by atoms with van der Waals surface area (Å²) < 4.78 is 0. The molecule has 5 N–H and O–H groups in total. The lowest BCUT2D eigenvalue weighted by Gasteiger charge is -2.05. The van der Waals surface area contributed by atoms with Crippen LogP contribution in [-0.4, -0.2) is 28.2 Å². The molecule has 0 bridgehead atoms. The second-order valence-corrected chi connectivity index (χ2v) is 4.77. The average Bonchev–Trinajstić information content (AvgIpc) is 2.78. The van der Waals surface area contributed by atoms with E-state index in [1.165, 1.54) is 24.4 Å². The molecule has 1 heterocycles. The number of rotatable bonds is 5. The molecular formula is C14H16N4O4. The second-order valence-electron chi connectivity index (χ2n) is 4.77. The Kier molecular flexibility index (Phi) is 4.62. The fraction of sp³-hybridized carbons (Fsp3) is 0.214. The molecule has 1 aromatic rings. The van der Waals surface area contributed by atoms with Gasteiger partial charge in [-0.1, -0.05) is 6.58 Å². The number of hydrazone groups is 1. The fourth-order valence-electron chi connectivity index (χ4n) is 1.93. The Morgan fingerprint density at radius 2 is 2.18 bits per heavy atom. The summed E-state index contributed by atoms with van der Waals surface area (Å²) in [7, 11) is 0. The van der Waals surface area contributed by atoms with E-state index in [-0.39, 0.29) is 29.7 Å². The third-order valence-corrected chi connectivity index (χ3v) is 3.15. The molecule has 0 radical (unpaired) electrons. The van der Waals surface area contributed by atoms with Crippen LogP contribution in [0.25, 0.3) is 0 Å². The van der Waals surface area contributed by atoms with E-state index in [0.717, 1.165) is 0 Å². The summed E-state index contributed by atoms with van der Waals surface area (Å²) in [4.78, 5) is 23.1. The van der Waals surface area contributed by atoms with Crippen molar-refractivity contribution in [1.29, 1.82) is 0 Å². The molecule has 0 aliphatic carbocycles. The number of amides is 2. The van der Waals surface area contributed by atoms with Gasteiger partial charge in [-0.2, -0.15) is 5.10 Å². The molecule has 116 valence electrons. The second kappa shape index (κ2) is 6.61. The van der Waals surface area contributed by atoms with Crippen molar-refractivity contribution in [2.75, 3.05) is 0 Å². The van der Waals surface area contributed by atoms with Crippen molar-refractivity contribution in [3.8, 4) is 11.5 Å². The van der Waals surface area contributed by atoms with Crippen LogP contribution in [0.1, 0.15) is 18.4 Å². The minimum Gasteiger partial charge on any atom is -0.508 e. The number of carbonyl (C=O) groups is 2. The summed E-state index contributed by atoms with van der Waals surface area (Å²) in [6, 6.07) is 4.01. The highest BCUT2D eigenvalue weighted by molar-refractivity contribution is 5.86. The number of aromatic hydroxyl groups is 2. The summed E-state index contributed by atoms with van der Waals surface area (Å²) >= 11 is 0. The first-order valence-electron chi connectivity index (χ1n) is 6.56. The highest BCUT2D eigenvalue weighted by Gasteiger charge is 2.27. The van der Waals surface area contributed by atoms with Crippen LogP contribution in [0.3, 0.4) is 0 Å². The van der Waals surface area contributed by atoms with E-state index in [1.54, 1.807) is 0 Å². The van der Waals surface area contributed by atoms with E-state index in [2.05, 4.69) is 28.0 Å². The first kappa shape index (κ1) is 15.4. The van der Waals surface area contributed by atoms with Crippen LogP contribution in [0.5, 0.6) is 11.5 Å². The smallest absolute Gasteiger partial charge is 0.247 e. The van der Waals surface area contributed by atoms with Crippen LogP contribution in [0.4, 0.5) is 0 Å². The lowest BCUT2D eigenvalue weighted by Crippen LogP contribution is -2.26. The summed E-state index contributed by atoms with van der Waals surface area (Å²) in [6.45, 7) is 3.68. The van der Waals surface area contributed by atoms with Gasteiger partial charge >= 0.3 is 0 Å². The fourth-order valence-corrected chi connectivity index (χ4v) is 1.93. The molecule has 0 aromatic heterocycles. The van der Waals surface area contributed by atoms with E-state index in [1.807, 2.05) is 0 Å². The summed E-state index contributed by atoms with van der Waals surface area (Å²) in [5.74, 6) is -1.22. The number of phenolic OH excluding ortho intramolecular Hbond substituents is 2. The van der Waals surface area contributed by atoms with Gasteiger partial charge in [0.05, 0.1) is 12.1 Å². The van der Waals surface area contributed by atoms with Gasteiger partial charge < -0.3 is 15.6 Å². The van der Waals surface area contributed by atoms with Gasteiger partial charge in [0.2, 0.25) is 11.8 Å². The van der Waals surface area contributed by atoms with Gasteiger partial charge in [0.1, 0.15) is 11.5 Å². The van der Waals surface area contributed by atoms with Crippen molar-refractivity contribution >= 4 is 18.0 Å². The van der Waals surface area contributed by atoms with Gasteiger partial charge in [0, 0.05) is 23.7 Å². The van der Waals surface area contributed by atoms with Crippen molar-refractivity contribution in [3.05, 3.63) is 36.0 Å². The van der Waals surface area contributed by atoms with E-state index < -0.39 is 5.92 Å². The van der Waals surface area contributed by atoms with Crippen molar-refractivity contribution in [2.24, 2.45) is 11.0 Å². The number of hydrazine groups is 1. The van der Waals surface area contributed by atoms with E-state index in [0.29, 0.717) is 17.7 Å². The van der Waals surface area contributed by atoms with E-state index >= 15 is 0 Å². The molecule has 1 aliphatic heterocycles. The zero-order valence-corrected chi connectivity index (χ0v) is 11.7. The van der Waals surface area contributed by atoms with Gasteiger partial charge in [0.15, 0.2) is 0 Å². The quantitative estimate of drug-likeness (QED) is 0.390. The predicted octanol–water partition coefficient (Wildman–Crippen LogP) is 0.0924. The molecule has 1 saturated heterocycles. The highest BCUT2D eigenvalue weighted by Crippen LogP contribution is 2.20. The number of carbonyl (C=O) groups excluding carboxylic acids is 2. The van der Waals surface area contributed by atoms with Gasteiger partial charge in [-0.15, -0.1) is 0 Å². The molecule has 2 amide bonds. The number of nitrogens with one attached hydrogen (secondary N) is 3. The lowest BCUT2D eigenvalue weighted by molar-refractivity contribution is -0.123. The summed E-state index contributed by atoms with van der Waals surface area (Å²) in [5, 5.41) is 22.4. The van der Waals surface area contributed by atoms with Gasteiger partial charge in [-0.05, 0) is 18.6 Å². The minimum absolute atomic E-state index is 0.0673. The molecule has 0 spiro atoms. The predicted molar refractivity (Wildman–Crippen MR) is 78.7 cm³/mol. The maximum absolute atomic E-state index is 11.6. The number of hydrogen-bond acceptors (Lipinski definition) is 6. The average molecular weight is 304 g/mol. The highest BCUT2D eigenvalue weighted by atomic mass is 16.3. The maximum atomic E-state index is 11.6. The number of nitrogens with zero attached hydrogens (tertiary/aromatic N) is 1. The van der Waals surface area contributed by atoms with Crippen molar-refractivity contribution in [2.45, 2.75) is 12.8 Å². The largest absolute Gasteiger partial charge is 0.508 e. The number of phenols is 2. The number of hydrogen-bond donors (Lipinski definition) is 5. The van der Waals surface area contributed by atoms with Crippen LogP contribution in [0.2, 0.25) is 0 Å². The van der Waals surface area contributed by atoms with Crippen LogP contribution in [0.15, 0.2) is 35.6 Å². The van der Waals surface area contributed by atoms with E-state index in [4.69, 9.17) is 5.11 Å². The molecule has 1 unspecified atom stereocenters. The van der Waals surface area contributed by atoms with Gasteiger partial charge in [-0.25, -0.2) is 5.43 Å². The van der Waals surface area contributed by atoms with Crippen LogP contribution >= 0.6 is 0 Å². The van der Waals surface area contributed by atoms with Gasteiger partial charge in [-0.3, -0.25) is 15.0 Å². The molecule has 1 fully saturated rings. The Bertz CT molecular complexity index is 626. The topological polar surface area (TPSA) is 123 Å². The van der Waals surface area contributed by atoms with Crippen LogP contribution < -0.4 is 16.3 Å². The minimum atomic E-state index is -0.434. The molecule has 1 atom stereocenters. The van der Waals surface area contributed by atoms with E-state index in [9.17, 15) is 14.7 Å². The maximum Gasteiger partial charge on any atom is 0.247 e. The Morgan fingerprint density at radius 3 is 2.82 bits per heavy atom. The monoisotopic (exact) mass is 304 g/mol. The first-order chi connectivity index (χ1) is 10.5. The summed E-state index contributed by atoms with van der Waals surface area (Å²) in [6.07, 6.45) is 1.69. The SMILES string of the molecule is C=C1NNC(=O)C1CCC(=O)N/N=C/c1ccc(O)cc1O. The molecule has 22 heavy (non-hydrogen) atoms. The normalized spacial score (nSPS) is 17.4. The molecular weight excluding hydrogens is 288 g/mol. The standard InChI is InChI=1S/C14H16N4O4/c1-8-11(14(22)18-16-8)4-5-13(21)17-15-7-9-2-3-10(19)6-12(9)20/h2-3,6-7,11,16,19-20H,1,4-5H2,(H,17,21)(H,18,22)/b15-7+. The Balaban J connectivity index is 1.81. The molecule has 2 rings (SSSR count). The van der Waals surface area contributed by atoms with Crippen LogP contribution in [0, 0.1) is 5.92 Å². The third kappa shape index (κ3) is 3.75. The lowest BCUT2D eigenvalue weighted by atomic mass is 10.0. The molecule has 8 heteroatoms. The molecule has 0 saturated carbocycles. The first-order valence-corrected chi connectivity index (χ1v) is 6.56. The zero-order chi connectivity index (χ0) is 16.1. The Morgan fingerprint density at radius 1 is 1.41 bits per heavy atom. The van der Waals surface area contributed by atoms with Crippen LogP contribution in [-0.2, 0) is 9.59 Å². The Labute approximate surface area is 126 Å². The third-order valence-electron chi connectivity index (χ3n) is 3.15. The molecule has 1 aliphatic rings. The van der Waals surface area contributed by atoms with Crippen molar-refractivity contribution in [3.63, 3.8) is 0 Å². The number of benzene rings is 1. The van der Waals surface area contributed by atoms with Crippen molar-refractivity contribution < 1.29 is 19.8 Å². The molecule has 8 nitrogen and oxygen atoms in total. The summed E-state index contributed by atoms with van der Waals surface area (Å²) in [5.41, 5.74) is 8.23. The zero-order valence-electron chi connectivity index (χ0n) is 11.7. The van der Waals surface area contributed by atoms with Gasteiger partial charge in [0.25, 0.3) is 0 Å². The van der Waals surface area contributed by atoms with Crippen molar-refractivity contribution in [1.82, 2.24) is 16.3 Å². The molecule has 1 aromatic carbocycles.